The van der Waals surface area contributed by atoms with Gasteiger partial charge in [0.05, 0.1) is 13.4 Å². The van der Waals surface area contributed by atoms with E-state index in [-0.39, 0.29) is 11.9 Å². The third kappa shape index (κ3) is 4.42. The number of hydrogen-bond acceptors (Lipinski definition) is 3. The van der Waals surface area contributed by atoms with Crippen molar-refractivity contribution in [2.24, 2.45) is 5.92 Å². The number of halogens is 1. The third-order valence-electron chi connectivity index (χ3n) is 6.61. The van der Waals surface area contributed by atoms with Gasteiger partial charge in [0.25, 0.3) is 0 Å². The van der Waals surface area contributed by atoms with E-state index in [0.29, 0.717) is 10.9 Å². The largest absolute Gasteiger partial charge is 0.496 e. The summed E-state index contributed by atoms with van der Waals surface area (Å²) >= 11 is 6.06. The number of amides is 1. The van der Waals surface area contributed by atoms with Crippen LogP contribution in [0, 0.1) is 12.8 Å². The van der Waals surface area contributed by atoms with Gasteiger partial charge in [0.15, 0.2) is 0 Å². The quantitative estimate of drug-likeness (QED) is 0.418. The number of carbonyl (C=O) groups is 1. The van der Waals surface area contributed by atoms with Crippen LogP contribution in [0.15, 0.2) is 47.1 Å². The van der Waals surface area contributed by atoms with Crippen molar-refractivity contribution in [3.05, 3.63) is 58.8 Å². The Morgan fingerprint density at radius 3 is 2.62 bits per heavy atom. The fourth-order valence-corrected chi connectivity index (χ4v) is 4.88. The van der Waals surface area contributed by atoms with E-state index >= 15 is 0 Å². The molecule has 32 heavy (non-hydrogen) atoms. The Balaban J connectivity index is 1.71. The Bertz CT molecular complexity index is 1160. The molecule has 168 valence electrons. The molecule has 0 bridgehead atoms. The van der Waals surface area contributed by atoms with Crippen LogP contribution in [0.3, 0.4) is 0 Å². The highest BCUT2D eigenvalue weighted by molar-refractivity contribution is 6.30. The van der Waals surface area contributed by atoms with Crippen molar-refractivity contribution in [1.29, 1.82) is 0 Å². The predicted octanol–water partition coefficient (Wildman–Crippen LogP) is 7.17. The molecule has 1 N–H and O–H groups in total. The summed E-state index contributed by atoms with van der Waals surface area (Å²) in [5.74, 6) is 1.19. The molecule has 4 nitrogen and oxygen atoms in total. The number of methoxy groups -OCH3 is 1. The molecule has 2 aromatic carbocycles. The van der Waals surface area contributed by atoms with E-state index in [9.17, 15) is 4.79 Å². The van der Waals surface area contributed by atoms with Crippen molar-refractivity contribution in [2.45, 2.75) is 52.5 Å². The van der Waals surface area contributed by atoms with Crippen LogP contribution >= 0.6 is 11.6 Å². The maximum Gasteiger partial charge on any atom is 0.244 e. The first-order chi connectivity index (χ1) is 15.4. The smallest absolute Gasteiger partial charge is 0.244 e. The molecule has 2 unspecified atom stereocenters. The highest BCUT2D eigenvalue weighted by Gasteiger charge is 2.23. The standard InChI is InChI=1S/C27H30ClNO3/c1-16-7-5-6-8-24(16)29-25(30)13-17(2)21-14-22-23(19-9-11-20(28)12-10-19)15-32-27(22)18(3)26(21)31-4/h9-16,24H,5-8H2,1-4H3,(H,29,30)/b17-13+. The second kappa shape index (κ2) is 9.41. The lowest BCUT2D eigenvalue weighted by atomic mass is 9.86. The molecule has 1 aliphatic carbocycles. The zero-order chi connectivity index (χ0) is 22.8. The van der Waals surface area contributed by atoms with Crippen LogP contribution in [0.4, 0.5) is 0 Å². The maximum absolute atomic E-state index is 12.8. The van der Waals surface area contributed by atoms with E-state index in [0.717, 1.165) is 51.0 Å². The molecule has 0 spiro atoms. The Morgan fingerprint density at radius 2 is 1.94 bits per heavy atom. The van der Waals surface area contributed by atoms with E-state index in [1.807, 2.05) is 38.1 Å². The van der Waals surface area contributed by atoms with Crippen molar-refractivity contribution in [3.63, 3.8) is 0 Å². The second-order valence-corrected chi connectivity index (χ2v) is 9.26. The monoisotopic (exact) mass is 451 g/mol. The van der Waals surface area contributed by atoms with Crippen LogP contribution in [-0.4, -0.2) is 19.1 Å². The fourth-order valence-electron chi connectivity index (χ4n) is 4.75. The van der Waals surface area contributed by atoms with Crippen molar-refractivity contribution in [2.75, 3.05) is 7.11 Å². The summed E-state index contributed by atoms with van der Waals surface area (Å²) in [6.45, 7) is 6.16. The lowest BCUT2D eigenvalue weighted by molar-refractivity contribution is -0.117. The molecular formula is C27H30ClNO3. The normalized spacial score (nSPS) is 19.2. The van der Waals surface area contributed by atoms with Gasteiger partial charge in [-0.3, -0.25) is 4.79 Å². The lowest BCUT2D eigenvalue weighted by Gasteiger charge is -2.29. The molecule has 1 saturated carbocycles. The second-order valence-electron chi connectivity index (χ2n) is 8.82. The van der Waals surface area contributed by atoms with Crippen LogP contribution in [0.5, 0.6) is 5.75 Å². The first kappa shape index (κ1) is 22.5. The third-order valence-corrected chi connectivity index (χ3v) is 6.87. The minimum Gasteiger partial charge on any atom is -0.496 e. The summed E-state index contributed by atoms with van der Waals surface area (Å²) in [4.78, 5) is 12.8. The molecule has 1 aromatic heterocycles. The Kier molecular flexibility index (Phi) is 6.61. The van der Waals surface area contributed by atoms with Gasteiger partial charge >= 0.3 is 0 Å². The van der Waals surface area contributed by atoms with Crippen LogP contribution in [-0.2, 0) is 4.79 Å². The first-order valence-corrected chi connectivity index (χ1v) is 11.6. The van der Waals surface area contributed by atoms with Gasteiger partial charge in [0.1, 0.15) is 11.3 Å². The molecule has 1 amide bonds. The Labute approximate surface area is 194 Å². The van der Waals surface area contributed by atoms with Crippen LogP contribution in [0.1, 0.15) is 50.7 Å². The predicted molar refractivity (Wildman–Crippen MR) is 131 cm³/mol. The number of fused-ring (bicyclic) bond motifs is 1. The fraction of sp³-hybridized carbons (Fsp3) is 0.370. The number of rotatable bonds is 5. The number of furan rings is 1. The van der Waals surface area contributed by atoms with E-state index in [1.165, 1.54) is 19.3 Å². The summed E-state index contributed by atoms with van der Waals surface area (Å²) < 4.78 is 11.7. The molecule has 2 atom stereocenters. The van der Waals surface area contributed by atoms with Crippen molar-refractivity contribution in [3.8, 4) is 16.9 Å². The van der Waals surface area contributed by atoms with E-state index in [2.05, 4.69) is 18.3 Å². The van der Waals surface area contributed by atoms with E-state index < -0.39 is 0 Å². The van der Waals surface area contributed by atoms with Gasteiger partial charge in [-0.1, -0.05) is 43.5 Å². The molecular weight excluding hydrogens is 422 g/mol. The average molecular weight is 452 g/mol. The first-order valence-electron chi connectivity index (χ1n) is 11.2. The summed E-state index contributed by atoms with van der Waals surface area (Å²) in [5.41, 5.74) is 5.45. The summed E-state index contributed by atoms with van der Waals surface area (Å²) in [5, 5.41) is 4.88. The van der Waals surface area contributed by atoms with Gasteiger partial charge in [-0.2, -0.15) is 0 Å². The van der Waals surface area contributed by atoms with Crippen LogP contribution in [0.2, 0.25) is 5.02 Å². The van der Waals surface area contributed by atoms with Gasteiger partial charge in [-0.15, -0.1) is 0 Å². The molecule has 1 aliphatic rings. The number of allylic oxidation sites excluding steroid dienone is 1. The minimum atomic E-state index is -0.0498. The van der Waals surface area contributed by atoms with Crippen molar-refractivity contribution < 1.29 is 13.9 Å². The zero-order valence-electron chi connectivity index (χ0n) is 19.1. The maximum atomic E-state index is 12.8. The molecule has 1 fully saturated rings. The SMILES string of the molecule is COc1c(/C(C)=C/C(=O)NC2CCCCC2C)cc2c(-c3ccc(Cl)cc3)coc2c1C. The molecule has 0 aliphatic heterocycles. The number of aryl methyl sites for hydroxylation is 1. The van der Waals surface area contributed by atoms with Gasteiger partial charge in [0, 0.05) is 39.2 Å². The average Bonchev–Trinajstić information content (AvgIpc) is 3.20. The number of hydrogen-bond donors (Lipinski definition) is 1. The van der Waals surface area contributed by atoms with Crippen molar-refractivity contribution in [1.82, 2.24) is 5.32 Å². The molecule has 5 heteroatoms. The Hall–Kier alpha value is -2.72. The number of ether oxygens (including phenoxy) is 1. The minimum absolute atomic E-state index is 0.0498. The molecule has 1 heterocycles. The van der Waals surface area contributed by atoms with Gasteiger partial charge in [-0.05, 0) is 61.9 Å². The van der Waals surface area contributed by atoms with Crippen molar-refractivity contribution >= 4 is 34.1 Å². The molecule has 4 rings (SSSR count). The number of nitrogens with one attached hydrogen (secondary N) is 1. The molecule has 3 aromatic rings. The number of benzene rings is 2. The summed E-state index contributed by atoms with van der Waals surface area (Å²) in [7, 11) is 1.65. The van der Waals surface area contributed by atoms with Crippen LogP contribution < -0.4 is 10.1 Å². The topological polar surface area (TPSA) is 51.5 Å². The molecule has 0 radical (unpaired) electrons. The van der Waals surface area contributed by atoms with Gasteiger partial charge < -0.3 is 14.5 Å². The van der Waals surface area contributed by atoms with E-state index in [1.54, 1.807) is 19.4 Å². The Morgan fingerprint density at radius 1 is 1.22 bits per heavy atom. The van der Waals surface area contributed by atoms with Crippen LogP contribution in [0.25, 0.3) is 27.7 Å². The summed E-state index contributed by atoms with van der Waals surface area (Å²) in [6.07, 6.45) is 8.10. The zero-order valence-corrected chi connectivity index (χ0v) is 19.9. The highest BCUT2D eigenvalue weighted by atomic mass is 35.5. The highest BCUT2D eigenvalue weighted by Crippen LogP contribution is 2.40. The van der Waals surface area contributed by atoms with Gasteiger partial charge in [-0.25, -0.2) is 0 Å². The molecule has 0 saturated heterocycles. The van der Waals surface area contributed by atoms with E-state index in [4.69, 9.17) is 20.8 Å². The number of carbonyl (C=O) groups excluding carboxylic acids is 1. The summed E-state index contributed by atoms with van der Waals surface area (Å²) in [6, 6.07) is 10.00. The lowest BCUT2D eigenvalue weighted by Crippen LogP contribution is -2.40. The van der Waals surface area contributed by atoms with Gasteiger partial charge in [0.2, 0.25) is 5.91 Å².